The Morgan fingerprint density at radius 2 is 1.82 bits per heavy atom. The van der Waals surface area contributed by atoms with Gasteiger partial charge in [0, 0.05) is 6.42 Å². The van der Waals surface area contributed by atoms with Gasteiger partial charge in [-0.25, -0.2) is 0 Å². The number of aliphatic hydroxyl groups excluding tert-OH is 2. The fourth-order valence-electron chi connectivity index (χ4n) is 8.39. The first kappa shape index (κ1) is 26.8. The fraction of sp³-hybridized carbons (Fsp3) is 0.857. The van der Waals surface area contributed by atoms with E-state index in [1.807, 2.05) is 0 Å². The molecule has 3 aliphatic rings. The smallest absolute Gasteiger partial charge is 0.172 e. The van der Waals surface area contributed by atoms with Crippen LogP contribution in [0, 0.1) is 46.3 Å². The van der Waals surface area contributed by atoms with Crippen LogP contribution in [0.3, 0.4) is 0 Å². The average molecular weight is 458 g/mol. The molecular weight excluding hydrogens is 411 g/mol. The lowest BCUT2D eigenvalue weighted by Gasteiger charge is -2.55. The van der Waals surface area contributed by atoms with Gasteiger partial charge in [-0.05, 0) is 91.8 Å². The molecule has 0 saturated heterocycles. The fourth-order valence-corrected chi connectivity index (χ4v) is 8.39. The predicted octanol–water partition coefficient (Wildman–Crippen LogP) is 5.47. The number of hydrogen-bond acceptors (Lipinski definition) is 4. The Hall–Kier alpha value is -0.775. The van der Waals surface area contributed by atoms with Crippen LogP contribution in [-0.4, -0.2) is 40.2 Å². The molecule has 2 radical (unpaired) electrons. The highest BCUT2D eigenvalue weighted by molar-refractivity contribution is 6.17. The minimum Gasteiger partial charge on any atom is -0.512 e. The first-order valence-electron chi connectivity index (χ1n) is 13.2. The zero-order valence-corrected chi connectivity index (χ0v) is 21.6. The van der Waals surface area contributed by atoms with E-state index < -0.39 is 11.7 Å². The first-order chi connectivity index (χ1) is 15.3. The van der Waals surface area contributed by atoms with E-state index in [9.17, 15) is 20.4 Å². The van der Waals surface area contributed by atoms with E-state index in [2.05, 4.69) is 34.3 Å². The zero-order valence-electron chi connectivity index (χ0n) is 21.6. The highest BCUT2D eigenvalue weighted by atomic mass is 16.5. The zero-order chi connectivity index (χ0) is 24.8. The maximum Gasteiger partial charge on any atom is 0.172 e. The van der Waals surface area contributed by atoms with E-state index >= 15 is 0 Å². The van der Waals surface area contributed by atoms with Gasteiger partial charge in [0.1, 0.15) is 7.85 Å². The summed E-state index contributed by atoms with van der Waals surface area (Å²) in [5.41, 5.74) is 1.59. The largest absolute Gasteiger partial charge is 0.512 e. The maximum absolute atomic E-state index is 10.5. The van der Waals surface area contributed by atoms with Gasteiger partial charge in [0.15, 0.2) is 5.79 Å². The van der Waals surface area contributed by atoms with Crippen LogP contribution in [0.25, 0.3) is 0 Å². The van der Waals surface area contributed by atoms with Gasteiger partial charge in [0.05, 0.1) is 17.8 Å². The second-order valence-electron chi connectivity index (χ2n) is 12.4. The summed E-state index contributed by atoms with van der Waals surface area (Å²) in [6.45, 7) is 14.7. The van der Waals surface area contributed by atoms with Crippen LogP contribution in [0.15, 0.2) is 23.9 Å². The number of rotatable bonds is 7. The van der Waals surface area contributed by atoms with E-state index in [0.717, 1.165) is 19.3 Å². The molecule has 0 spiro atoms. The molecule has 0 bridgehead atoms. The molecule has 3 fully saturated rings. The topological polar surface area (TPSA) is 80.9 Å². The SMILES string of the molecule is [B]/C=C1/CC(O)CCC1(C)C1CCC2(C)C(C(C)CCC(O)(O)C(C)C(=C)O)CCC2C1C. The van der Waals surface area contributed by atoms with Crippen molar-refractivity contribution in [2.75, 3.05) is 0 Å². The Labute approximate surface area is 203 Å². The van der Waals surface area contributed by atoms with E-state index in [4.69, 9.17) is 7.85 Å². The maximum atomic E-state index is 10.5. The molecule has 9 unspecified atom stereocenters. The Bertz CT molecular complexity index is 748. The summed E-state index contributed by atoms with van der Waals surface area (Å²) in [6.07, 6.45) is 8.11. The second-order valence-corrected chi connectivity index (χ2v) is 12.4. The number of aliphatic hydroxyl groups is 4. The standard InChI is InChI=1S/C28H47BO4/c1-17(9-14-28(32,33)19(3)20(4)30)23-7-8-24-18(2)25(11-13-27(23,24)6)26(5)12-10-22(31)15-21(26)16-29/h16-19,22-25,30-33H,4,7-15H2,1-3,5-6H3/b21-16-. The van der Waals surface area contributed by atoms with Crippen LogP contribution >= 0.6 is 0 Å². The Kier molecular flexibility index (Phi) is 7.89. The molecule has 0 aromatic heterocycles. The van der Waals surface area contributed by atoms with Gasteiger partial charge in [-0.2, -0.15) is 0 Å². The number of fused-ring (bicyclic) bond motifs is 1. The summed E-state index contributed by atoms with van der Waals surface area (Å²) in [5.74, 6) is 1.73. The summed E-state index contributed by atoms with van der Waals surface area (Å²) in [4.78, 5) is 0. The molecule has 0 aromatic rings. The van der Waals surface area contributed by atoms with Crippen molar-refractivity contribution in [2.45, 2.75) is 104 Å². The molecule has 5 heteroatoms. The second kappa shape index (κ2) is 9.70. The van der Waals surface area contributed by atoms with Gasteiger partial charge in [0.2, 0.25) is 0 Å². The van der Waals surface area contributed by atoms with Gasteiger partial charge >= 0.3 is 0 Å². The number of hydrogen-bond donors (Lipinski definition) is 4. The van der Waals surface area contributed by atoms with Crippen LogP contribution in [-0.2, 0) is 0 Å². The van der Waals surface area contributed by atoms with Crippen molar-refractivity contribution in [3.8, 4) is 0 Å². The molecule has 0 amide bonds. The molecule has 0 aromatic carbocycles. The van der Waals surface area contributed by atoms with E-state index in [1.165, 1.54) is 31.3 Å². The molecule has 4 N–H and O–H groups in total. The third kappa shape index (κ3) is 4.84. The highest BCUT2D eigenvalue weighted by Crippen LogP contribution is 2.65. The molecule has 3 aliphatic carbocycles. The molecule has 9 atom stereocenters. The van der Waals surface area contributed by atoms with Crippen LogP contribution < -0.4 is 0 Å². The van der Waals surface area contributed by atoms with Gasteiger partial charge < -0.3 is 20.4 Å². The Balaban J connectivity index is 1.71. The first-order valence-corrected chi connectivity index (χ1v) is 13.2. The summed E-state index contributed by atoms with van der Waals surface area (Å²) in [7, 11) is 6.06. The van der Waals surface area contributed by atoms with Crippen LogP contribution in [0.1, 0.15) is 92.4 Å². The van der Waals surface area contributed by atoms with Crippen molar-refractivity contribution < 1.29 is 20.4 Å². The van der Waals surface area contributed by atoms with Crippen molar-refractivity contribution in [1.82, 2.24) is 0 Å². The van der Waals surface area contributed by atoms with Crippen LogP contribution in [0.2, 0.25) is 0 Å². The van der Waals surface area contributed by atoms with Crippen LogP contribution in [0.4, 0.5) is 0 Å². The summed E-state index contributed by atoms with van der Waals surface area (Å²) >= 11 is 0. The lowest BCUT2D eigenvalue weighted by Crippen LogP contribution is -2.48. The summed E-state index contributed by atoms with van der Waals surface area (Å²) in [5, 5.41) is 40.8. The molecule has 33 heavy (non-hydrogen) atoms. The molecule has 0 heterocycles. The third-order valence-electron chi connectivity index (χ3n) is 10.8. The van der Waals surface area contributed by atoms with Gasteiger partial charge in [0.25, 0.3) is 0 Å². The minimum atomic E-state index is -1.92. The minimum absolute atomic E-state index is 0.0780. The van der Waals surface area contributed by atoms with Crippen molar-refractivity contribution in [1.29, 1.82) is 0 Å². The van der Waals surface area contributed by atoms with Crippen molar-refractivity contribution in [2.24, 2.45) is 46.3 Å². The molecular formula is C28H47BO4. The van der Waals surface area contributed by atoms with Crippen molar-refractivity contribution in [3.05, 3.63) is 23.9 Å². The normalized spacial score (nSPS) is 42.7. The van der Waals surface area contributed by atoms with E-state index in [1.54, 1.807) is 12.9 Å². The van der Waals surface area contributed by atoms with Gasteiger partial charge in [-0.1, -0.05) is 46.8 Å². The summed E-state index contributed by atoms with van der Waals surface area (Å²) in [6, 6.07) is 0. The quantitative estimate of drug-likeness (QED) is 0.232. The van der Waals surface area contributed by atoms with E-state index in [-0.39, 0.29) is 29.1 Å². The average Bonchev–Trinajstić information content (AvgIpc) is 3.11. The lowest BCUT2D eigenvalue weighted by atomic mass is 9.49. The summed E-state index contributed by atoms with van der Waals surface area (Å²) < 4.78 is 0. The van der Waals surface area contributed by atoms with Crippen molar-refractivity contribution in [3.63, 3.8) is 0 Å². The molecule has 4 nitrogen and oxygen atoms in total. The van der Waals surface area contributed by atoms with E-state index in [0.29, 0.717) is 36.0 Å². The van der Waals surface area contributed by atoms with Crippen molar-refractivity contribution >= 4 is 7.85 Å². The molecule has 3 rings (SSSR count). The monoisotopic (exact) mass is 458 g/mol. The predicted molar refractivity (Wildman–Crippen MR) is 135 cm³/mol. The Morgan fingerprint density at radius 1 is 1.15 bits per heavy atom. The highest BCUT2D eigenvalue weighted by Gasteiger charge is 2.57. The third-order valence-corrected chi connectivity index (χ3v) is 10.8. The van der Waals surface area contributed by atoms with Gasteiger partial charge in [-0.3, -0.25) is 0 Å². The van der Waals surface area contributed by atoms with Crippen LogP contribution in [0.5, 0.6) is 0 Å². The Morgan fingerprint density at radius 3 is 2.42 bits per heavy atom. The molecule has 0 aliphatic heterocycles. The molecule has 3 saturated carbocycles. The molecule has 186 valence electrons. The lowest BCUT2D eigenvalue weighted by molar-refractivity contribution is -0.200. The van der Waals surface area contributed by atoms with Gasteiger partial charge in [-0.15, -0.1) is 5.98 Å².